The first kappa shape index (κ1) is 18.5. The summed E-state index contributed by atoms with van der Waals surface area (Å²) in [7, 11) is 0. The molecule has 2 aromatic rings. The Hall–Kier alpha value is -1.87. The van der Waals surface area contributed by atoms with Crippen molar-refractivity contribution in [3.05, 3.63) is 22.3 Å². The van der Waals surface area contributed by atoms with Gasteiger partial charge >= 0.3 is 5.97 Å². The molecule has 2 aliphatic carbocycles. The fourth-order valence-corrected chi connectivity index (χ4v) is 4.96. The standard InChI is InChI=1S/C18H22N4O3S2/c1-3-25-17(24)15-13(11-4-5-11)8-26-16(15)19-14(23)9-27-18-21-20-10(2)22(18)12-6-7-12/h8,11-12H,3-7,9H2,1-2H3,(H,19,23). The summed E-state index contributed by atoms with van der Waals surface area (Å²) >= 11 is 2.77. The van der Waals surface area contributed by atoms with Crippen LogP contribution in [0.3, 0.4) is 0 Å². The highest BCUT2D eigenvalue weighted by molar-refractivity contribution is 7.99. The SMILES string of the molecule is CCOC(=O)c1c(C2CC2)csc1NC(=O)CSc1nnc(C)n1C1CC1. The van der Waals surface area contributed by atoms with Crippen molar-refractivity contribution in [2.24, 2.45) is 0 Å². The number of nitrogens with zero attached hydrogens (tertiary/aromatic N) is 3. The summed E-state index contributed by atoms with van der Waals surface area (Å²) in [6.45, 7) is 4.04. The van der Waals surface area contributed by atoms with Crippen LogP contribution in [0.2, 0.25) is 0 Å². The topological polar surface area (TPSA) is 86.1 Å². The molecule has 27 heavy (non-hydrogen) atoms. The van der Waals surface area contributed by atoms with Crippen LogP contribution in [0.25, 0.3) is 0 Å². The molecule has 0 atom stereocenters. The van der Waals surface area contributed by atoms with Crippen LogP contribution in [-0.4, -0.2) is 39.0 Å². The Morgan fingerprint density at radius 2 is 2.11 bits per heavy atom. The number of thioether (sulfide) groups is 1. The first-order valence-electron chi connectivity index (χ1n) is 9.21. The van der Waals surface area contributed by atoms with Crippen LogP contribution in [-0.2, 0) is 9.53 Å². The third-order valence-corrected chi connectivity index (χ3v) is 6.51. The number of nitrogens with one attached hydrogen (secondary N) is 1. The van der Waals surface area contributed by atoms with Gasteiger partial charge in [0.2, 0.25) is 5.91 Å². The number of anilines is 1. The maximum absolute atomic E-state index is 12.5. The number of thiophene rings is 1. The third kappa shape index (κ3) is 4.03. The molecule has 2 aliphatic rings. The van der Waals surface area contributed by atoms with Gasteiger partial charge in [-0.2, -0.15) is 0 Å². The van der Waals surface area contributed by atoms with Crippen molar-refractivity contribution < 1.29 is 14.3 Å². The zero-order valence-corrected chi connectivity index (χ0v) is 17.0. The van der Waals surface area contributed by atoms with Gasteiger partial charge in [-0.15, -0.1) is 21.5 Å². The van der Waals surface area contributed by atoms with Crippen LogP contribution in [0.15, 0.2) is 10.5 Å². The van der Waals surface area contributed by atoms with Gasteiger partial charge in [0.05, 0.1) is 17.9 Å². The quantitative estimate of drug-likeness (QED) is 0.530. The molecule has 2 saturated carbocycles. The van der Waals surface area contributed by atoms with Crippen LogP contribution < -0.4 is 5.32 Å². The van der Waals surface area contributed by atoms with E-state index < -0.39 is 0 Å². The van der Waals surface area contributed by atoms with Crippen molar-refractivity contribution in [2.45, 2.75) is 56.6 Å². The average Bonchev–Trinajstić information content (AvgIpc) is 3.57. The van der Waals surface area contributed by atoms with Crippen molar-refractivity contribution in [2.75, 3.05) is 17.7 Å². The van der Waals surface area contributed by atoms with E-state index in [-0.39, 0.29) is 17.6 Å². The summed E-state index contributed by atoms with van der Waals surface area (Å²) in [4.78, 5) is 24.9. The maximum Gasteiger partial charge on any atom is 0.341 e. The molecule has 0 saturated heterocycles. The summed E-state index contributed by atoms with van der Waals surface area (Å²) in [5.41, 5.74) is 1.53. The van der Waals surface area contributed by atoms with E-state index in [1.54, 1.807) is 6.92 Å². The Balaban J connectivity index is 1.43. The largest absolute Gasteiger partial charge is 0.462 e. The molecule has 144 valence electrons. The second-order valence-electron chi connectivity index (χ2n) is 6.86. The monoisotopic (exact) mass is 406 g/mol. The summed E-state index contributed by atoms with van der Waals surface area (Å²) < 4.78 is 7.31. The molecule has 0 unspecified atom stereocenters. The van der Waals surface area contributed by atoms with E-state index in [9.17, 15) is 9.59 Å². The molecule has 0 radical (unpaired) electrons. The molecule has 9 heteroatoms. The Kier molecular flexibility index (Phi) is 5.23. The highest BCUT2D eigenvalue weighted by Crippen LogP contribution is 2.46. The number of hydrogen-bond acceptors (Lipinski definition) is 7. The minimum Gasteiger partial charge on any atom is -0.462 e. The van der Waals surface area contributed by atoms with Crippen molar-refractivity contribution in [3.63, 3.8) is 0 Å². The normalized spacial score (nSPS) is 16.4. The van der Waals surface area contributed by atoms with Crippen LogP contribution in [0, 0.1) is 6.92 Å². The molecule has 4 rings (SSSR count). The highest BCUT2D eigenvalue weighted by Gasteiger charge is 2.32. The molecule has 0 bridgehead atoms. The van der Waals surface area contributed by atoms with Gasteiger partial charge in [0.15, 0.2) is 5.16 Å². The van der Waals surface area contributed by atoms with E-state index in [1.807, 2.05) is 12.3 Å². The Labute approximate surface area is 165 Å². The van der Waals surface area contributed by atoms with Gasteiger partial charge in [-0.3, -0.25) is 4.79 Å². The molecular weight excluding hydrogens is 384 g/mol. The second-order valence-corrected chi connectivity index (χ2v) is 8.68. The maximum atomic E-state index is 12.5. The summed E-state index contributed by atoms with van der Waals surface area (Å²) in [5, 5.41) is 14.5. The number of rotatable bonds is 8. The molecule has 7 nitrogen and oxygen atoms in total. The number of hydrogen-bond donors (Lipinski definition) is 1. The fraction of sp³-hybridized carbons (Fsp3) is 0.556. The first-order chi connectivity index (χ1) is 13.1. The number of aromatic nitrogens is 3. The first-order valence-corrected chi connectivity index (χ1v) is 11.1. The lowest BCUT2D eigenvalue weighted by molar-refractivity contribution is -0.113. The van der Waals surface area contributed by atoms with Gasteiger partial charge in [0, 0.05) is 6.04 Å². The van der Waals surface area contributed by atoms with E-state index in [4.69, 9.17) is 4.74 Å². The van der Waals surface area contributed by atoms with Crippen molar-refractivity contribution in [1.29, 1.82) is 0 Å². The van der Waals surface area contributed by atoms with E-state index in [0.717, 1.165) is 42.2 Å². The van der Waals surface area contributed by atoms with Crippen molar-refractivity contribution >= 4 is 40.0 Å². The third-order valence-electron chi connectivity index (χ3n) is 4.65. The van der Waals surface area contributed by atoms with E-state index in [0.29, 0.717) is 29.1 Å². The van der Waals surface area contributed by atoms with E-state index >= 15 is 0 Å². The van der Waals surface area contributed by atoms with Gasteiger partial charge in [-0.05, 0) is 56.4 Å². The fourth-order valence-electron chi connectivity index (χ4n) is 3.07. The number of ether oxygens (including phenoxy) is 1. The molecule has 2 heterocycles. The van der Waals surface area contributed by atoms with Gasteiger partial charge in [0.1, 0.15) is 10.8 Å². The molecular formula is C18H22N4O3S2. The van der Waals surface area contributed by atoms with Crippen LogP contribution in [0.1, 0.15) is 66.3 Å². The van der Waals surface area contributed by atoms with Crippen LogP contribution >= 0.6 is 23.1 Å². The van der Waals surface area contributed by atoms with Crippen molar-refractivity contribution in [3.8, 4) is 0 Å². The lowest BCUT2D eigenvalue weighted by atomic mass is 10.1. The van der Waals surface area contributed by atoms with Crippen LogP contribution in [0.4, 0.5) is 5.00 Å². The number of amides is 1. The smallest absolute Gasteiger partial charge is 0.341 e. The zero-order valence-electron chi connectivity index (χ0n) is 15.4. The second kappa shape index (κ2) is 7.63. The lowest BCUT2D eigenvalue weighted by Gasteiger charge is -2.09. The number of esters is 1. The van der Waals surface area contributed by atoms with Gasteiger partial charge < -0.3 is 14.6 Å². The Morgan fingerprint density at radius 3 is 2.78 bits per heavy atom. The molecule has 2 fully saturated rings. The summed E-state index contributed by atoms with van der Waals surface area (Å²) in [6, 6.07) is 0.472. The van der Waals surface area contributed by atoms with Gasteiger partial charge in [0.25, 0.3) is 0 Å². The number of carbonyl (C=O) groups is 2. The van der Waals surface area contributed by atoms with Gasteiger partial charge in [-0.1, -0.05) is 11.8 Å². The van der Waals surface area contributed by atoms with E-state index in [1.165, 1.54) is 23.1 Å². The molecule has 1 N–H and O–H groups in total. The molecule has 0 aliphatic heterocycles. The molecule has 0 spiro atoms. The van der Waals surface area contributed by atoms with Crippen molar-refractivity contribution in [1.82, 2.24) is 14.8 Å². The zero-order chi connectivity index (χ0) is 19.0. The molecule has 0 aromatic carbocycles. The van der Waals surface area contributed by atoms with Crippen LogP contribution in [0.5, 0.6) is 0 Å². The minimum absolute atomic E-state index is 0.155. The number of carbonyl (C=O) groups excluding carboxylic acids is 2. The van der Waals surface area contributed by atoms with Gasteiger partial charge in [-0.25, -0.2) is 4.79 Å². The average molecular weight is 407 g/mol. The highest BCUT2D eigenvalue weighted by atomic mass is 32.2. The minimum atomic E-state index is -0.354. The Morgan fingerprint density at radius 1 is 1.33 bits per heavy atom. The molecule has 2 aromatic heterocycles. The summed E-state index contributed by atoms with van der Waals surface area (Å²) in [5.74, 6) is 1.02. The number of aryl methyl sites for hydroxylation is 1. The lowest BCUT2D eigenvalue weighted by Crippen LogP contribution is -2.17. The molecule has 1 amide bonds. The van der Waals surface area contributed by atoms with E-state index in [2.05, 4.69) is 20.1 Å². The predicted octanol–water partition coefficient (Wildman–Crippen LogP) is 3.77. The summed E-state index contributed by atoms with van der Waals surface area (Å²) in [6.07, 6.45) is 4.45. The Bertz CT molecular complexity index is 868. The predicted molar refractivity (Wildman–Crippen MR) is 105 cm³/mol.